The van der Waals surface area contributed by atoms with Crippen molar-refractivity contribution in [1.29, 1.82) is 0 Å². The maximum absolute atomic E-state index is 12.8. The Hall–Kier alpha value is -2.09. The van der Waals surface area contributed by atoms with Crippen molar-refractivity contribution in [1.82, 2.24) is 0 Å². The van der Waals surface area contributed by atoms with Crippen LogP contribution in [0.25, 0.3) is 0 Å². The quantitative estimate of drug-likeness (QED) is 0.809. The van der Waals surface area contributed by atoms with Gasteiger partial charge in [0, 0.05) is 17.3 Å². The number of rotatable bonds is 3. The van der Waals surface area contributed by atoms with Gasteiger partial charge in [-0.05, 0) is 51.5 Å². The molecule has 0 unspecified atom stereocenters. The van der Waals surface area contributed by atoms with Crippen LogP contribution in [-0.2, 0) is 0 Å². The van der Waals surface area contributed by atoms with Crippen LogP contribution >= 0.6 is 0 Å². The summed E-state index contributed by atoms with van der Waals surface area (Å²) in [5.74, 6) is 0.0590. The highest BCUT2D eigenvalue weighted by molar-refractivity contribution is 6.07. The molecule has 0 aliphatic rings. The third-order valence-electron chi connectivity index (χ3n) is 3.38. The second-order valence-electron chi connectivity index (χ2n) is 5.42. The van der Waals surface area contributed by atoms with E-state index in [0.29, 0.717) is 0 Å². The number of hydrogen-bond donors (Lipinski definition) is 0. The second kappa shape index (κ2) is 5.91. The highest BCUT2D eigenvalue weighted by Crippen LogP contribution is 2.21. The first kappa shape index (κ1) is 14.3. The van der Waals surface area contributed by atoms with Gasteiger partial charge in [-0.3, -0.25) is 4.79 Å². The van der Waals surface area contributed by atoms with E-state index in [-0.39, 0.29) is 11.9 Å². The molecule has 0 aromatic heterocycles. The molecule has 0 saturated heterocycles. The molecular formula is C18H21NO. The minimum atomic E-state index is 0.0590. The van der Waals surface area contributed by atoms with E-state index in [4.69, 9.17) is 0 Å². The Morgan fingerprint density at radius 1 is 1.00 bits per heavy atom. The Morgan fingerprint density at radius 2 is 1.65 bits per heavy atom. The minimum Gasteiger partial charge on any atom is -0.306 e. The third kappa shape index (κ3) is 2.90. The maximum atomic E-state index is 12.8. The zero-order chi connectivity index (χ0) is 14.7. The number of hydrogen-bond acceptors (Lipinski definition) is 1. The van der Waals surface area contributed by atoms with Crippen LogP contribution in [0, 0.1) is 13.8 Å². The van der Waals surface area contributed by atoms with E-state index >= 15 is 0 Å². The van der Waals surface area contributed by atoms with Gasteiger partial charge in [0.25, 0.3) is 5.91 Å². The van der Waals surface area contributed by atoms with Crippen molar-refractivity contribution in [3.8, 4) is 0 Å². The molecule has 0 atom stereocenters. The average Bonchev–Trinajstić information content (AvgIpc) is 2.39. The molecule has 0 heterocycles. The van der Waals surface area contributed by atoms with Crippen LogP contribution in [0.1, 0.15) is 35.3 Å². The van der Waals surface area contributed by atoms with Gasteiger partial charge in [-0.25, -0.2) is 0 Å². The summed E-state index contributed by atoms with van der Waals surface area (Å²) in [6.45, 7) is 8.10. The van der Waals surface area contributed by atoms with E-state index < -0.39 is 0 Å². The molecule has 0 aliphatic carbocycles. The molecule has 0 aliphatic heterocycles. The Labute approximate surface area is 121 Å². The van der Waals surface area contributed by atoms with Gasteiger partial charge in [0.05, 0.1) is 0 Å². The summed E-state index contributed by atoms with van der Waals surface area (Å²) in [6.07, 6.45) is 0. The lowest BCUT2D eigenvalue weighted by molar-refractivity contribution is 0.0979. The van der Waals surface area contributed by atoms with Crippen LogP contribution < -0.4 is 4.90 Å². The lowest BCUT2D eigenvalue weighted by atomic mass is 10.0. The first-order chi connectivity index (χ1) is 9.50. The number of anilines is 1. The monoisotopic (exact) mass is 267 g/mol. The standard InChI is InChI=1S/C18H21NO/c1-13(2)19(16-8-6-5-7-9-16)18(20)17-11-10-14(3)12-15(17)4/h5-13H,1-4H3. The van der Waals surface area contributed by atoms with E-state index in [1.807, 2.05) is 75.1 Å². The maximum Gasteiger partial charge on any atom is 0.258 e. The van der Waals surface area contributed by atoms with Crippen LogP contribution in [0.15, 0.2) is 48.5 Å². The molecule has 2 aromatic rings. The molecule has 0 spiro atoms. The van der Waals surface area contributed by atoms with E-state index in [1.165, 1.54) is 5.56 Å². The smallest absolute Gasteiger partial charge is 0.258 e. The van der Waals surface area contributed by atoms with Gasteiger partial charge >= 0.3 is 0 Å². The van der Waals surface area contributed by atoms with Crippen LogP contribution in [0.5, 0.6) is 0 Å². The van der Waals surface area contributed by atoms with Crippen molar-refractivity contribution in [3.05, 3.63) is 65.2 Å². The number of para-hydroxylation sites is 1. The average molecular weight is 267 g/mol. The van der Waals surface area contributed by atoms with Crippen molar-refractivity contribution < 1.29 is 4.79 Å². The van der Waals surface area contributed by atoms with E-state index in [2.05, 4.69) is 6.07 Å². The van der Waals surface area contributed by atoms with Gasteiger partial charge in [0.15, 0.2) is 0 Å². The molecule has 2 nitrogen and oxygen atoms in total. The van der Waals surface area contributed by atoms with Gasteiger partial charge in [-0.2, -0.15) is 0 Å². The molecule has 20 heavy (non-hydrogen) atoms. The summed E-state index contributed by atoms with van der Waals surface area (Å²) in [4.78, 5) is 14.7. The summed E-state index contributed by atoms with van der Waals surface area (Å²) in [5, 5.41) is 0. The van der Waals surface area contributed by atoms with Crippen LogP contribution in [0.4, 0.5) is 5.69 Å². The Bertz CT molecular complexity index is 602. The Kier molecular flexibility index (Phi) is 4.23. The fourth-order valence-electron chi connectivity index (χ4n) is 2.42. The lowest BCUT2D eigenvalue weighted by Gasteiger charge is -2.27. The zero-order valence-corrected chi connectivity index (χ0v) is 12.6. The summed E-state index contributed by atoms with van der Waals surface area (Å²) in [5.41, 5.74) is 3.91. The topological polar surface area (TPSA) is 20.3 Å². The number of carbonyl (C=O) groups is 1. The lowest BCUT2D eigenvalue weighted by Crippen LogP contribution is -2.37. The molecule has 2 heteroatoms. The number of carbonyl (C=O) groups excluding carboxylic acids is 1. The molecule has 104 valence electrons. The zero-order valence-electron chi connectivity index (χ0n) is 12.6. The van der Waals surface area contributed by atoms with Crippen LogP contribution in [0.3, 0.4) is 0 Å². The van der Waals surface area contributed by atoms with Crippen molar-refractivity contribution >= 4 is 11.6 Å². The van der Waals surface area contributed by atoms with Crippen molar-refractivity contribution in [2.75, 3.05) is 4.90 Å². The highest BCUT2D eigenvalue weighted by Gasteiger charge is 2.21. The first-order valence-corrected chi connectivity index (χ1v) is 6.96. The van der Waals surface area contributed by atoms with E-state index in [0.717, 1.165) is 16.8 Å². The third-order valence-corrected chi connectivity index (χ3v) is 3.38. The van der Waals surface area contributed by atoms with Gasteiger partial charge in [-0.1, -0.05) is 35.9 Å². The van der Waals surface area contributed by atoms with E-state index in [1.54, 1.807) is 0 Å². The number of nitrogens with zero attached hydrogens (tertiary/aromatic N) is 1. The SMILES string of the molecule is Cc1ccc(C(=O)N(c2ccccc2)C(C)C)c(C)c1. The van der Waals surface area contributed by atoms with Crippen molar-refractivity contribution in [2.24, 2.45) is 0 Å². The normalized spacial score (nSPS) is 10.7. The molecule has 0 bridgehead atoms. The minimum absolute atomic E-state index is 0.0590. The summed E-state index contributed by atoms with van der Waals surface area (Å²) in [7, 11) is 0. The van der Waals surface area contributed by atoms with Gasteiger partial charge in [0.2, 0.25) is 0 Å². The molecule has 2 aromatic carbocycles. The highest BCUT2D eigenvalue weighted by atomic mass is 16.2. The van der Waals surface area contributed by atoms with Crippen molar-refractivity contribution in [2.45, 2.75) is 33.7 Å². The van der Waals surface area contributed by atoms with Gasteiger partial charge in [-0.15, -0.1) is 0 Å². The van der Waals surface area contributed by atoms with Crippen LogP contribution in [-0.4, -0.2) is 11.9 Å². The first-order valence-electron chi connectivity index (χ1n) is 6.96. The Balaban J connectivity index is 2.42. The predicted molar refractivity (Wildman–Crippen MR) is 84.3 cm³/mol. The second-order valence-corrected chi connectivity index (χ2v) is 5.42. The fourth-order valence-corrected chi connectivity index (χ4v) is 2.42. The molecule has 2 rings (SSSR count). The molecular weight excluding hydrogens is 246 g/mol. The van der Waals surface area contributed by atoms with Gasteiger partial charge in [0.1, 0.15) is 0 Å². The van der Waals surface area contributed by atoms with Crippen molar-refractivity contribution in [3.63, 3.8) is 0 Å². The summed E-state index contributed by atoms with van der Waals surface area (Å²) in [6, 6.07) is 15.9. The largest absolute Gasteiger partial charge is 0.306 e. The molecule has 1 amide bonds. The molecule has 0 N–H and O–H groups in total. The molecule has 0 fully saturated rings. The summed E-state index contributed by atoms with van der Waals surface area (Å²) < 4.78 is 0. The number of aryl methyl sites for hydroxylation is 2. The predicted octanol–water partition coefficient (Wildman–Crippen LogP) is 4.36. The molecule has 0 radical (unpaired) electrons. The number of amides is 1. The number of benzene rings is 2. The summed E-state index contributed by atoms with van der Waals surface area (Å²) >= 11 is 0. The van der Waals surface area contributed by atoms with Crippen LogP contribution in [0.2, 0.25) is 0 Å². The Morgan fingerprint density at radius 3 is 2.20 bits per heavy atom. The fraction of sp³-hybridized carbons (Fsp3) is 0.278. The van der Waals surface area contributed by atoms with Gasteiger partial charge < -0.3 is 4.90 Å². The van der Waals surface area contributed by atoms with E-state index in [9.17, 15) is 4.79 Å². The molecule has 0 saturated carbocycles.